The first-order valence-electron chi connectivity index (χ1n) is 7.31. The molecule has 0 unspecified atom stereocenters. The second kappa shape index (κ2) is 5.62. The van der Waals surface area contributed by atoms with Crippen molar-refractivity contribution < 1.29 is 18.5 Å². The molecule has 0 radical (unpaired) electrons. The summed E-state index contributed by atoms with van der Waals surface area (Å²) in [6.07, 6.45) is 1.17. The molecule has 0 aliphatic heterocycles. The molecule has 5 heteroatoms. The minimum atomic E-state index is -0.438. The minimum Gasteiger partial charge on any atom is -0.453 e. The van der Waals surface area contributed by atoms with Gasteiger partial charge in [-0.15, -0.1) is 0 Å². The fraction of sp³-hybridized carbons (Fsp3) is 0. The van der Waals surface area contributed by atoms with Crippen molar-refractivity contribution in [1.82, 2.24) is 5.16 Å². The van der Waals surface area contributed by atoms with Crippen LogP contribution in [0, 0.1) is 0 Å². The Morgan fingerprint density at radius 3 is 2.42 bits per heavy atom. The number of hydrogen-bond acceptors (Lipinski definition) is 5. The number of carbonyl (C=O) groups excluding carboxylic acids is 2. The van der Waals surface area contributed by atoms with E-state index in [-0.39, 0.29) is 22.8 Å². The summed E-state index contributed by atoms with van der Waals surface area (Å²) in [5.41, 5.74) is 1.10. The minimum absolute atomic E-state index is 0.0216. The van der Waals surface area contributed by atoms with E-state index in [4.69, 9.17) is 8.94 Å². The Morgan fingerprint density at radius 1 is 0.875 bits per heavy atom. The number of ketones is 2. The van der Waals surface area contributed by atoms with Gasteiger partial charge in [0.05, 0.1) is 5.56 Å². The maximum Gasteiger partial charge on any atom is 0.233 e. The standard InChI is InChI=1S/C19H11NO4/c21-18(12-6-2-1-3-7-12)17-14(11-23-20-17)19(22)16-10-13-8-4-5-9-15(13)24-16/h1-11H. The number of rotatable bonds is 4. The van der Waals surface area contributed by atoms with Crippen LogP contribution >= 0.6 is 0 Å². The molecule has 5 nitrogen and oxygen atoms in total. The molecular weight excluding hydrogens is 306 g/mol. The normalized spacial score (nSPS) is 10.8. The molecule has 116 valence electrons. The Labute approximate surface area is 136 Å². The number of furan rings is 1. The van der Waals surface area contributed by atoms with Crippen molar-refractivity contribution in [3.8, 4) is 0 Å². The second-order valence-electron chi connectivity index (χ2n) is 5.25. The Morgan fingerprint density at radius 2 is 1.62 bits per heavy atom. The molecule has 0 amide bonds. The van der Waals surface area contributed by atoms with Crippen molar-refractivity contribution >= 4 is 22.5 Å². The third-order valence-corrected chi connectivity index (χ3v) is 3.71. The number of para-hydroxylation sites is 1. The zero-order chi connectivity index (χ0) is 16.5. The first-order valence-corrected chi connectivity index (χ1v) is 7.31. The second-order valence-corrected chi connectivity index (χ2v) is 5.25. The van der Waals surface area contributed by atoms with Crippen molar-refractivity contribution in [2.45, 2.75) is 0 Å². The molecule has 2 heterocycles. The lowest BCUT2D eigenvalue weighted by Gasteiger charge is -1.99. The monoisotopic (exact) mass is 317 g/mol. The fourth-order valence-electron chi connectivity index (χ4n) is 2.51. The zero-order valence-corrected chi connectivity index (χ0v) is 12.4. The van der Waals surface area contributed by atoms with E-state index in [0.29, 0.717) is 11.1 Å². The highest BCUT2D eigenvalue weighted by Gasteiger charge is 2.25. The van der Waals surface area contributed by atoms with Gasteiger partial charge in [-0.05, 0) is 12.1 Å². The van der Waals surface area contributed by atoms with E-state index in [2.05, 4.69) is 5.16 Å². The predicted molar refractivity (Wildman–Crippen MR) is 86.0 cm³/mol. The average Bonchev–Trinajstić information content (AvgIpc) is 3.28. The van der Waals surface area contributed by atoms with Gasteiger partial charge < -0.3 is 8.94 Å². The van der Waals surface area contributed by atoms with Crippen LogP contribution in [-0.4, -0.2) is 16.7 Å². The first kappa shape index (κ1) is 14.1. The first-order chi connectivity index (χ1) is 11.7. The van der Waals surface area contributed by atoms with Crippen LogP contribution in [0.5, 0.6) is 0 Å². The van der Waals surface area contributed by atoms with Gasteiger partial charge in [-0.25, -0.2) is 0 Å². The molecule has 2 aromatic carbocycles. The molecule has 0 aliphatic carbocycles. The summed E-state index contributed by atoms with van der Waals surface area (Å²) in [4.78, 5) is 25.2. The van der Waals surface area contributed by atoms with Crippen LogP contribution in [0.25, 0.3) is 11.0 Å². The zero-order valence-electron chi connectivity index (χ0n) is 12.4. The Hall–Kier alpha value is -3.47. The molecule has 0 spiro atoms. The smallest absolute Gasteiger partial charge is 0.233 e. The molecular formula is C19H11NO4. The van der Waals surface area contributed by atoms with E-state index in [1.165, 1.54) is 6.26 Å². The summed E-state index contributed by atoms with van der Waals surface area (Å²) in [6, 6.07) is 17.6. The van der Waals surface area contributed by atoms with Crippen LogP contribution in [-0.2, 0) is 0 Å². The molecule has 24 heavy (non-hydrogen) atoms. The van der Waals surface area contributed by atoms with Crippen molar-refractivity contribution in [1.29, 1.82) is 0 Å². The van der Waals surface area contributed by atoms with Gasteiger partial charge in [0.2, 0.25) is 11.6 Å². The third-order valence-electron chi connectivity index (χ3n) is 3.71. The highest BCUT2D eigenvalue weighted by atomic mass is 16.5. The predicted octanol–water partition coefficient (Wildman–Crippen LogP) is 3.88. The summed E-state index contributed by atoms with van der Waals surface area (Å²) >= 11 is 0. The van der Waals surface area contributed by atoms with E-state index in [9.17, 15) is 9.59 Å². The van der Waals surface area contributed by atoms with E-state index >= 15 is 0 Å². The Bertz CT molecular complexity index is 1010. The van der Waals surface area contributed by atoms with Gasteiger partial charge in [-0.1, -0.05) is 53.7 Å². The molecule has 4 rings (SSSR count). The quantitative estimate of drug-likeness (QED) is 0.534. The number of nitrogens with zero attached hydrogens (tertiary/aromatic N) is 1. The maximum absolute atomic E-state index is 12.7. The van der Waals surface area contributed by atoms with Gasteiger partial charge in [0.15, 0.2) is 11.5 Å². The summed E-state index contributed by atoms with van der Waals surface area (Å²) in [5, 5.41) is 4.52. The van der Waals surface area contributed by atoms with E-state index in [1.54, 1.807) is 42.5 Å². The van der Waals surface area contributed by atoms with E-state index in [0.717, 1.165) is 5.39 Å². The van der Waals surface area contributed by atoms with Gasteiger partial charge in [0.1, 0.15) is 11.8 Å². The number of carbonyl (C=O) groups is 2. The number of benzene rings is 2. The molecule has 0 bridgehead atoms. The highest BCUT2D eigenvalue weighted by molar-refractivity contribution is 6.18. The summed E-state index contributed by atoms with van der Waals surface area (Å²) in [7, 11) is 0. The third kappa shape index (κ3) is 2.32. The van der Waals surface area contributed by atoms with Gasteiger partial charge in [-0.3, -0.25) is 9.59 Å². The summed E-state index contributed by atoms with van der Waals surface area (Å²) in [6.45, 7) is 0. The van der Waals surface area contributed by atoms with Crippen LogP contribution in [0.2, 0.25) is 0 Å². The topological polar surface area (TPSA) is 73.3 Å². The molecule has 0 fully saturated rings. The summed E-state index contributed by atoms with van der Waals surface area (Å²) in [5.74, 6) is -0.669. The van der Waals surface area contributed by atoms with Gasteiger partial charge in [-0.2, -0.15) is 0 Å². The van der Waals surface area contributed by atoms with Gasteiger partial charge in [0, 0.05) is 10.9 Å². The summed E-state index contributed by atoms with van der Waals surface area (Å²) < 4.78 is 10.4. The van der Waals surface area contributed by atoms with Crippen molar-refractivity contribution in [3.63, 3.8) is 0 Å². The van der Waals surface area contributed by atoms with Crippen molar-refractivity contribution in [2.75, 3.05) is 0 Å². The van der Waals surface area contributed by atoms with Crippen molar-refractivity contribution in [2.24, 2.45) is 0 Å². The molecule has 2 aromatic heterocycles. The molecule has 0 saturated carbocycles. The number of fused-ring (bicyclic) bond motifs is 1. The molecule has 4 aromatic rings. The number of hydrogen-bond donors (Lipinski definition) is 0. The molecule has 0 saturated heterocycles. The lowest BCUT2D eigenvalue weighted by Crippen LogP contribution is -2.09. The van der Waals surface area contributed by atoms with Crippen LogP contribution in [0.4, 0.5) is 0 Å². The molecule has 0 N–H and O–H groups in total. The lowest BCUT2D eigenvalue weighted by molar-refractivity contribution is 0.0988. The van der Waals surface area contributed by atoms with Crippen molar-refractivity contribution in [3.05, 3.63) is 89.5 Å². The van der Waals surface area contributed by atoms with Crippen LogP contribution in [0.3, 0.4) is 0 Å². The SMILES string of the molecule is O=C(c1cc2ccccc2o1)c1conc1C(=O)c1ccccc1. The average molecular weight is 317 g/mol. The van der Waals surface area contributed by atoms with E-state index in [1.807, 2.05) is 18.2 Å². The maximum atomic E-state index is 12.7. The van der Waals surface area contributed by atoms with Crippen LogP contribution in [0.15, 0.2) is 75.9 Å². The highest BCUT2D eigenvalue weighted by Crippen LogP contribution is 2.23. The largest absolute Gasteiger partial charge is 0.453 e. The Balaban J connectivity index is 1.74. The van der Waals surface area contributed by atoms with Crippen LogP contribution in [0.1, 0.15) is 32.2 Å². The Kier molecular flexibility index (Phi) is 3.31. The fourth-order valence-corrected chi connectivity index (χ4v) is 2.51. The van der Waals surface area contributed by atoms with Gasteiger partial charge in [0.25, 0.3) is 0 Å². The molecule has 0 aliphatic rings. The van der Waals surface area contributed by atoms with Crippen LogP contribution < -0.4 is 0 Å². The lowest BCUT2D eigenvalue weighted by atomic mass is 10.0. The van der Waals surface area contributed by atoms with Gasteiger partial charge >= 0.3 is 0 Å². The number of aromatic nitrogens is 1. The molecule has 0 atom stereocenters. The van der Waals surface area contributed by atoms with E-state index < -0.39 is 5.78 Å².